The number of hydrogen-bond acceptors (Lipinski definition) is 7. The topological polar surface area (TPSA) is 71.5 Å². The maximum atomic E-state index is 12.8. The van der Waals surface area contributed by atoms with E-state index in [2.05, 4.69) is 35.4 Å². The van der Waals surface area contributed by atoms with E-state index in [0.717, 1.165) is 22.6 Å². The fourth-order valence-corrected chi connectivity index (χ4v) is 5.58. The maximum absolute atomic E-state index is 12.8. The second-order valence-corrected chi connectivity index (χ2v) is 10.5. The molecule has 1 aliphatic rings. The summed E-state index contributed by atoms with van der Waals surface area (Å²) in [6.45, 7) is 2.28. The molecule has 0 aliphatic carbocycles. The van der Waals surface area contributed by atoms with Gasteiger partial charge in [0.25, 0.3) is 5.91 Å². The number of methoxy groups -OCH3 is 1. The second-order valence-electron chi connectivity index (χ2n) is 7.70. The lowest BCUT2D eigenvalue weighted by Gasteiger charge is -2.13. The number of amides is 2. The molecule has 1 saturated heterocycles. The number of nitrogens with one attached hydrogen (secondary N) is 1. The number of thioether (sulfide) groups is 1. The molecule has 2 heterocycles. The van der Waals surface area contributed by atoms with Crippen molar-refractivity contribution in [2.45, 2.75) is 19.8 Å². The molecular weight excluding hydrogens is 486 g/mol. The Balaban J connectivity index is 1.30. The van der Waals surface area contributed by atoms with Crippen molar-refractivity contribution in [2.24, 2.45) is 0 Å². The number of thiazole rings is 1. The van der Waals surface area contributed by atoms with Gasteiger partial charge < -0.3 is 10.1 Å². The third kappa shape index (κ3) is 6.11. The number of rotatable bonds is 8. The van der Waals surface area contributed by atoms with Gasteiger partial charge in [-0.1, -0.05) is 65.9 Å². The molecule has 2 aromatic carbocycles. The number of nitrogens with zero attached hydrogens (tertiary/aromatic N) is 2. The number of aromatic nitrogens is 1. The molecule has 9 heteroatoms. The molecule has 174 valence electrons. The van der Waals surface area contributed by atoms with Gasteiger partial charge in [-0.3, -0.25) is 14.5 Å². The van der Waals surface area contributed by atoms with Crippen LogP contribution in [0.15, 0.2) is 59.6 Å². The molecule has 1 aromatic heterocycles. The minimum Gasteiger partial charge on any atom is -0.497 e. The van der Waals surface area contributed by atoms with E-state index in [1.165, 1.54) is 39.1 Å². The Morgan fingerprint density at radius 3 is 2.76 bits per heavy atom. The van der Waals surface area contributed by atoms with Crippen molar-refractivity contribution in [3.63, 3.8) is 0 Å². The lowest BCUT2D eigenvalue weighted by molar-refractivity contribution is -0.122. The van der Waals surface area contributed by atoms with E-state index in [-0.39, 0.29) is 24.8 Å². The van der Waals surface area contributed by atoms with Crippen molar-refractivity contribution in [1.82, 2.24) is 9.88 Å². The Kier molecular flexibility index (Phi) is 7.77. The van der Waals surface area contributed by atoms with Gasteiger partial charge in [0, 0.05) is 30.5 Å². The van der Waals surface area contributed by atoms with Gasteiger partial charge in [0.05, 0.1) is 12.0 Å². The predicted molar refractivity (Wildman–Crippen MR) is 142 cm³/mol. The van der Waals surface area contributed by atoms with Crippen LogP contribution in [0.4, 0.5) is 5.13 Å². The molecule has 34 heavy (non-hydrogen) atoms. The first-order chi connectivity index (χ1) is 16.4. The van der Waals surface area contributed by atoms with Crippen LogP contribution in [0.1, 0.15) is 28.0 Å². The zero-order valence-electron chi connectivity index (χ0n) is 18.7. The van der Waals surface area contributed by atoms with E-state index < -0.39 is 0 Å². The monoisotopic (exact) mass is 509 g/mol. The Hall–Kier alpha value is -3.01. The smallest absolute Gasteiger partial charge is 0.266 e. The molecule has 0 atom stereocenters. The van der Waals surface area contributed by atoms with Gasteiger partial charge in [0.15, 0.2) is 5.13 Å². The van der Waals surface area contributed by atoms with Crippen LogP contribution in [0.5, 0.6) is 5.75 Å². The quantitative estimate of drug-likeness (QED) is 0.329. The lowest BCUT2D eigenvalue weighted by Crippen LogP contribution is -2.31. The van der Waals surface area contributed by atoms with Gasteiger partial charge in [-0.25, -0.2) is 4.98 Å². The van der Waals surface area contributed by atoms with Crippen LogP contribution in [0, 0.1) is 6.92 Å². The van der Waals surface area contributed by atoms with Crippen molar-refractivity contribution in [1.29, 1.82) is 0 Å². The van der Waals surface area contributed by atoms with E-state index >= 15 is 0 Å². The van der Waals surface area contributed by atoms with E-state index in [1.54, 1.807) is 19.4 Å². The number of ether oxygens (including phenoxy) is 1. The molecule has 0 unspecified atom stereocenters. The molecular formula is C25H23N3O3S3. The molecule has 0 bridgehead atoms. The van der Waals surface area contributed by atoms with Crippen LogP contribution in [-0.4, -0.2) is 39.7 Å². The van der Waals surface area contributed by atoms with Crippen molar-refractivity contribution in [3.8, 4) is 5.75 Å². The number of hydrogen-bond donors (Lipinski definition) is 1. The molecule has 0 spiro atoms. The van der Waals surface area contributed by atoms with Gasteiger partial charge >= 0.3 is 0 Å². The number of benzene rings is 2. The zero-order valence-corrected chi connectivity index (χ0v) is 21.2. The summed E-state index contributed by atoms with van der Waals surface area (Å²) >= 11 is 8.07. The lowest BCUT2D eigenvalue weighted by atomic mass is 10.1. The van der Waals surface area contributed by atoms with Gasteiger partial charge in [0.1, 0.15) is 10.1 Å². The van der Waals surface area contributed by atoms with Crippen LogP contribution in [-0.2, 0) is 16.0 Å². The molecule has 1 N–H and O–H groups in total. The Labute approximate surface area is 212 Å². The van der Waals surface area contributed by atoms with E-state index in [0.29, 0.717) is 14.4 Å². The van der Waals surface area contributed by atoms with E-state index in [1.807, 2.05) is 30.3 Å². The first-order valence-electron chi connectivity index (χ1n) is 10.6. The summed E-state index contributed by atoms with van der Waals surface area (Å²) in [5.41, 5.74) is 3.30. The molecule has 1 aliphatic heterocycles. The fraction of sp³-hybridized carbons (Fsp3) is 0.200. The fourth-order valence-electron chi connectivity index (χ4n) is 3.41. The van der Waals surface area contributed by atoms with Gasteiger partial charge in [-0.15, -0.1) is 11.3 Å². The Morgan fingerprint density at radius 2 is 2.03 bits per heavy atom. The molecule has 0 radical (unpaired) electrons. The highest BCUT2D eigenvalue weighted by Gasteiger charge is 2.32. The third-order valence-electron chi connectivity index (χ3n) is 5.11. The average Bonchev–Trinajstić information content (AvgIpc) is 3.36. The summed E-state index contributed by atoms with van der Waals surface area (Å²) in [4.78, 5) is 32.7. The Morgan fingerprint density at radius 1 is 1.24 bits per heavy atom. The number of thiocarbonyl (C=S) groups is 1. The predicted octanol–water partition coefficient (Wildman–Crippen LogP) is 5.28. The summed E-state index contributed by atoms with van der Waals surface area (Å²) in [5, 5.41) is 3.38. The highest BCUT2D eigenvalue weighted by atomic mass is 32.2. The molecule has 6 nitrogen and oxygen atoms in total. The summed E-state index contributed by atoms with van der Waals surface area (Å²) in [7, 11) is 1.61. The van der Waals surface area contributed by atoms with E-state index in [9.17, 15) is 9.59 Å². The first kappa shape index (κ1) is 24.1. The number of aryl methyl sites for hydroxylation is 1. The highest BCUT2D eigenvalue weighted by Crippen LogP contribution is 2.33. The molecule has 1 fully saturated rings. The normalized spacial score (nSPS) is 14.6. The van der Waals surface area contributed by atoms with Crippen LogP contribution < -0.4 is 10.1 Å². The van der Waals surface area contributed by atoms with Gasteiger partial charge in [-0.05, 0) is 36.3 Å². The standard InChI is InChI=1S/C25H23N3O3S3/c1-16-4-3-5-18(12-16)13-20-15-26-24(33-20)27-22(29)10-11-28-23(30)21(34-25(28)32)14-17-6-8-19(31-2)9-7-17/h3-9,12,14-15H,10-11,13H2,1-2H3,(H,26,27,29). The highest BCUT2D eigenvalue weighted by molar-refractivity contribution is 8.26. The molecule has 3 aromatic rings. The van der Waals surface area contributed by atoms with Crippen LogP contribution in [0.3, 0.4) is 0 Å². The Bertz CT molecular complexity index is 1250. The molecule has 2 amide bonds. The van der Waals surface area contributed by atoms with Crippen LogP contribution in [0.25, 0.3) is 6.08 Å². The summed E-state index contributed by atoms with van der Waals surface area (Å²) < 4.78 is 5.61. The van der Waals surface area contributed by atoms with E-state index in [4.69, 9.17) is 17.0 Å². The SMILES string of the molecule is COc1ccc(C=C2SC(=S)N(CCC(=O)Nc3ncc(Cc4cccc(C)c4)s3)C2=O)cc1. The summed E-state index contributed by atoms with van der Waals surface area (Å²) in [6, 6.07) is 15.7. The van der Waals surface area contributed by atoms with Crippen LogP contribution in [0.2, 0.25) is 0 Å². The summed E-state index contributed by atoms with van der Waals surface area (Å²) in [6.07, 6.45) is 4.49. The molecule has 4 rings (SSSR count). The van der Waals surface area contributed by atoms with Crippen molar-refractivity contribution < 1.29 is 14.3 Å². The summed E-state index contributed by atoms with van der Waals surface area (Å²) in [5.74, 6) is 0.358. The van der Waals surface area contributed by atoms with Gasteiger partial charge in [0.2, 0.25) is 5.91 Å². The van der Waals surface area contributed by atoms with Crippen LogP contribution >= 0.6 is 35.3 Å². The average molecular weight is 510 g/mol. The minimum atomic E-state index is -0.204. The molecule has 0 saturated carbocycles. The second kappa shape index (κ2) is 10.9. The zero-order chi connectivity index (χ0) is 24.1. The largest absolute Gasteiger partial charge is 0.497 e. The van der Waals surface area contributed by atoms with Crippen molar-refractivity contribution in [3.05, 3.63) is 81.2 Å². The minimum absolute atomic E-state index is 0.134. The number of anilines is 1. The first-order valence-corrected chi connectivity index (χ1v) is 12.6. The van der Waals surface area contributed by atoms with Gasteiger partial charge in [-0.2, -0.15) is 0 Å². The van der Waals surface area contributed by atoms with Crippen molar-refractivity contribution in [2.75, 3.05) is 19.0 Å². The number of carbonyl (C=O) groups excluding carboxylic acids is 2. The van der Waals surface area contributed by atoms with Crippen molar-refractivity contribution >= 4 is 62.7 Å². The maximum Gasteiger partial charge on any atom is 0.266 e. The number of carbonyl (C=O) groups is 2. The third-order valence-corrected chi connectivity index (χ3v) is 7.40.